The number of carbonyl (C=O) groups excluding carboxylic acids is 1. The van der Waals surface area contributed by atoms with E-state index in [1.165, 1.54) is 38.5 Å². The van der Waals surface area contributed by atoms with Crippen LogP contribution in [0.15, 0.2) is 0 Å². The zero-order valence-corrected chi connectivity index (χ0v) is 6.81. The van der Waals surface area contributed by atoms with Gasteiger partial charge in [0.1, 0.15) is 0 Å². The van der Waals surface area contributed by atoms with Crippen LogP contribution in [-0.4, -0.2) is 12.5 Å². The van der Waals surface area contributed by atoms with Crippen LogP contribution in [0.1, 0.15) is 40.0 Å². The Balaban J connectivity index is 0.000000720. The van der Waals surface area contributed by atoms with Gasteiger partial charge in [0.2, 0.25) is 6.41 Å². The molecule has 2 rings (SSSR count). The van der Waals surface area contributed by atoms with Crippen molar-refractivity contribution >= 4 is 6.41 Å². The van der Waals surface area contributed by atoms with Crippen molar-refractivity contribution in [2.45, 2.75) is 44.6 Å². The Labute approximate surface area is 68.8 Å². The first-order valence-electron chi connectivity index (χ1n) is 4.54. The largest absolute Gasteiger partial charge is 0.356 e. The second-order valence-electron chi connectivity index (χ2n) is 4.06. The molecule has 2 fully saturated rings. The van der Waals surface area contributed by atoms with Gasteiger partial charge in [-0.3, -0.25) is 4.79 Å². The van der Waals surface area contributed by atoms with E-state index in [1.54, 1.807) is 0 Å². The van der Waals surface area contributed by atoms with Gasteiger partial charge in [0.25, 0.3) is 0 Å². The molecule has 2 saturated carbocycles. The Morgan fingerprint density at radius 1 is 1.27 bits per heavy atom. The molecule has 2 nitrogen and oxygen atoms in total. The quantitative estimate of drug-likeness (QED) is 0.604. The van der Waals surface area contributed by atoms with Crippen LogP contribution in [0.4, 0.5) is 0 Å². The summed E-state index contributed by atoms with van der Waals surface area (Å²) in [5, 5.41) is 2.87. The Kier molecular flexibility index (Phi) is 1.63. The van der Waals surface area contributed by atoms with Crippen LogP contribution in [-0.2, 0) is 4.79 Å². The van der Waals surface area contributed by atoms with E-state index in [0.717, 1.165) is 11.8 Å². The minimum absolute atomic E-state index is 0. The summed E-state index contributed by atoms with van der Waals surface area (Å²) in [6.07, 6.45) is 8.84. The van der Waals surface area contributed by atoms with Crippen molar-refractivity contribution in [2.75, 3.05) is 0 Å². The number of amides is 1. The highest BCUT2D eigenvalue weighted by atomic mass is 16.1. The summed E-state index contributed by atoms with van der Waals surface area (Å²) in [6, 6.07) is 0.485. The summed E-state index contributed by atoms with van der Waals surface area (Å²) in [4.78, 5) is 10.1. The van der Waals surface area contributed by atoms with E-state index in [9.17, 15) is 4.79 Å². The molecule has 2 aliphatic carbocycles. The van der Waals surface area contributed by atoms with E-state index in [-0.39, 0.29) is 1.43 Å². The van der Waals surface area contributed by atoms with Gasteiger partial charge in [-0.1, -0.05) is 0 Å². The number of hydrogen-bond donors (Lipinski definition) is 1. The molecule has 64 valence electrons. The summed E-state index contributed by atoms with van der Waals surface area (Å²) in [6.45, 7) is 0. The standard InChI is InChI=1S/C9H15NO.H2/c11-7-10-8-1-3-9(4-2-8)5-6-9;/h7-8H,1-6H2,(H,10,11);1H. The van der Waals surface area contributed by atoms with Crippen LogP contribution in [0.3, 0.4) is 0 Å². The minimum atomic E-state index is 0. The average molecular weight is 155 g/mol. The minimum Gasteiger partial charge on any atom is -0.356 e. The zero-order chi connectivity index (χ0) is 7.73. The van der Waals surface area contributed by atoms with E-state index in [0.29, 0.717) is 6.04 Å². The second kappa shape index (κ2) is 2.50. The van der Waals surface area contributed by atoms with E-state index in [4.69, 9.17) is 0 Å². The summed E-state index contributed by atoms with van der Waals surface area (Å²) in [5.41, 5.74) is 0.751. The molecular weight excluding hydrogens is 138 g/mol. The number of rotatable bonds is 2. The molecule has 2 heteroatoms. The van der Waals surface area contributed by atoms with Crippen molar-refractivity contribution < 1.29 is 6.22 Å². The molecule has 0 radical (unpaired) electrons. The van der Waals surface area contributed by atoms with Gasteiger partial charge in [0.05, 0.1) is 0 Å². The van der Waals surface area contributed by atoms with Crippen LogP contribution >= 0.6 is 0 Å². The molecule has 0 aromatic carbocycles. The molecule has 0 unspecified atom stereocenters. The van der Waals surface area contributed by atoms with Gasteiger partial charge in [-0.2, -0.15) is 0 Å². The lowest BCUT2D eigenvalue weighted by Crippen LogP contribution is -2.32. The van der Waals surface area contributed by atoms with Crippen molar-refractivity contribution in [1.82, 2.24) is 5.32 Å². The highest BCUT2D eigenvalue weighted by Crippen LogP contribution is 2.55. The molecule has 0 aliphatic heterocycles. The predicted octanol–water partition coefficient (Wildman–Crippen LogP) is 1.70. The topological polar surface area (TPSA) is 29.1 Å². The second-order valence-corrected chi connectivity index (χ2v) is 4.06. The summed E-state index contributed by atoms with van der Waals surface area (Å²) in [7, 11) is 0. The van der Waals surface area contributed by atoms with E-state index >= 15 is 0 Å². The first kappa shape index (κ1) is 7.14. The lowest BCUT2D eigenvalue weighted by Gasteiger charge is -2.27. The maximum atomic E-state index is 10.1. The molecule has 1 N–H and O–H groups in total. The summed E-state index contributed by atoms with van der Waals surface area (Å²) < 4.78 is 0. The lowest BCUT2D eigenvalue weighted by atomic mass is 9.83. The fourth-order valence-electron chi connectivity index (χ4n) is 2.17. The lowest BCUT2D eigenvalue weighted by molar-refractivity contribution is -0.110. The van der Waals surface area contributed by atoms with Gasteiger partial charge in [-0.05, 0) is 43.9 Å². The van der Waals surface area contributed by atoms with Gasteiger partial charge in [-0.15, -0.1) is 0 Å². The van der Waals surface area contributed by atoms with E-state index in [1.807, 2.05) is 0 Å². The monoisotopic (exact) mass is 155 g/mol. The van der Waals surface area contributed by atoms with Crippen molar-refractivity contribution in [1.29, 1.82) is 0 Å². The predicted molar refractivity (Wildman–Crippen MR) is 45.2 cm³/mol. The van der Waals surface area contributed by atoms with E-state index in [2.05, 4.69) is 5.32 Å². The molecule has 0 heterocycles. The van der Waals surface area contributed by atoms with Gasteiger partial charge in [0.15, 0.2) is 0 Å². The highest BCUT2D eigenvalue weighted by Gasteiger charge is 2.44. The molecular formula is C9H17NO. The molecule has 11 heavy (non-hydrogen) atoms. The van der Waals surface area contributed by atoms with Crippen molar-refractivity contribution in [3.05, 3.63) is 0 Å². The van der Waals surface area contributed by atoms with Gasteiger partial charge in [-0.25, -0.2) is 0 Å². The Morgan fingerprint density at radius 3 is 2.36 bits per heavy atom. The smallest absolute Gasteiger partial charge is 0.207 e. The average Bonchev–Trinajstić information content (AvgIpc) is 2.76. The van der Waals surface area contributed by atoms with Crippen LogP contribution in [0, 0.1) is 5.41 Å². The number of nitrogens with one attached hydrogen (secondary N) is 1. The third kappa shape index (κ3) is 1.39. The van der Waals surface area contributed by atoms with Crippen molar-refractivity contribution in [3.8, 4) is 0 Å². The maximum Gasteiger partial charge on any atom is 0.207 e. The van der Waals surface area contributed by atoms with Crippen LogP contribution in [0.5, 0.6) is 0 Å². The number of hydrogen-bond acceptors (Lipinski definition) is 1. The molecule has 0 bridgehead atoms. The number of carbonyl (C=O) groups is 1. The zero-order valence-electron chi connectivity index (χ0n) is 6.81. The van der Waals surface area contributed by atoms with Gasteiger partial charge >= 0.3 is 0 Å². The molecule has 0 aromatic rings. The SMILES string of the molecule is O=CNC1CCC2(CC1)CC2.[HH]. The molecule has 1 spiro atoms. The Hall–Kier alpha value is -0.530. The van der Waals surface area contributed by atoms with E-state index < -0.39 is 0 Å². The normalized spacial score (nSPS) is 28.4. The Morgan fingerprint density at radius 2 is 1.91 bits per heavy atom. The highest BCUT2D eigenvalue weighted by molar-refractivity contribution is 5.46. The molecule has 2 aliphatic rings. The van der Waals surface area contributed by atoms with Crippen molar-refractivity contribution in [2.24, 2.45) is 5.41 Å². The van der Waals surface area contributed by atoms with Gasteiger partial charge < -0.3 is 5.32 Å². The van der Waals surface area contributed by atoms with Crippen LogP contribution in [0.2, 0.25) is 0 Å². The Bertz CT molecular complexity index is 158. The van der Waals surface area contributed by atoms with Crippen LogP contribution in [0.25, 0.3) is 0 Å². The molecule has 0 aromatic heterocycles. The maximum absolute atomic E-state index is 10.1. The summed E-state index contributed by atoms with van der Waals surface area (Å²) in [5.74, 6) is 0. The van der Waals surface area contributed by atoms with Crippen molar-refractivity contribution in [3.63, 3.8) is 0 Å². The first-order valence-corrected chi connectivity index (χ1v) is 4.54. The first-order chi connectivity index (χ1) is 5.35. The van der Waals surface area contributed by atoms with Gasteiger partial charge in [0, 0.05) is 7.47 Å². The fraction of sp³-hybridized carbons (Fsp3) is 0.889. The molecule has 1 amide bonds. The fourth-order valence-corrected chi connectivity index (χ4v) is 2.17. The molecule has 0 saturated heterocycles. The third-order valence-electron chi connectivity index (χ3n) is 3.31. The van der Waals surface area contributed by atoms with Crippen LogP contribution < -0.4 is 5.32 Å². The molecule has 0 atom stereocenters. The third-order valence-corrected chi connectivity index (χ3v) is 3.31. The summed E-state index contributed by atoms with van der Waals surface area (Å²) >= 11 is 0.